The molecule has 2 heterocycles. The van der Waals surface area contributed by atoms with Gasteiger partial charge in [0.2, 0.25) is 11.7 Å². The Labute approximate surface area is 111 Å². The van der Waals surface area contributed by atoms with Gasteiger partial charge in [0.25, 0.3) is 0 Å². The van der Waals surface area contributed by atoms with Gasteiger partial charge in [-0.05, 0) is 38.3 Å². The molecule has 0 saturated carbocycles. The third kappa shape index (κ3) is 2.47. The Morgan fingerprint density at radius 1 is 1.44 bits per heavy atom. The lowest BCUT2D eigenvalue weighted by atomic mass is 9.98. The first-order valence-electron chi connectivity index (χ1n) is 6.21. The van der Waals surface area contributed by atoms with Crippen LogP contribution >= 0.6 is 11.3 Å². The van der Waals surface area contributed by atoms with Gasteiger partial charge in [0.05, 0.1) is 5.92 Å². The van der Waals surface area contributed by atoms with Gasteiger partial charge in [0.1, 0.15) is 0 Å². The fourth-order valence-corrected chi connectivity index (χ4v) is 2.85. The summed E-state index contributed by atoms with van der Waals surface area (Å²) in [7, 11) is 1.95. The Balaban J connectivity index is 2.27. The van der Waals surface area contributed by atoms with E-state index in [1.54, 1.807) is 11.3 Å². The highest BCUT2D eigenvalue weighted by Gasteiger charge is 2.23. The zero-order chi connectivity index (χ0) is 13.1. The molecule has 2 aromatic rings. The number of aryl methyl sites for hydroxylation is 1. The molecule has 2 rings (SSSR count). The quantitative estimate of drug-likeness (QED) is 0.902. The third-order valence-electron chi connectivity index (χ3n) is 3.35. The van der Waals surface area contributed by atoms with E-state index < -0.39 is 0 Å². The van der Waals surface area contributed by atoms with Crippen LogP contribution in [0.3, 0.4) is 0 Å². The molecule has 0 radical (unpaired) electrons. The molecule has 2 aromatic heterocycles. The number of likely N-dealkylation sites (N-methyl/N-ethyl adjacent to an activating group) is 1. The molecule has 0 aliphatic carbocycles. The van der Waals surface area contributed by atoms with Crippen molar-refractivity contribution in [2.45, 2.75) is 39.2 Å². The average Bonchev–Trinajstić information content (AvgIpc) is 2.98. The summed E-state index contributed by atoms with van der Waals surface area (Å²) in [5, 5.41) is 11.5. The normalized spacial score (nSPS) is 14.7. The van der Waals surface area contributed by atoms with Crippen LogP contribution in [-0.4, -0.2) is 23.2 Å². The van der Waals surface area contributed by atoms with Crippen molar-refractivity contribution >= 4 is 11.3 Å². The Bertz CT molecular complexity index is 506. The van der Waals surface area contributed by atoms with Crippen molar-refractivity contribution in [1.29, 1.82) is 0 Å². The molecule has 0 aromatic carbocycles. The molecule has 0 spiro atoms. The van der Waals surface area contributed by atoms with Gasteiger partial charge in [0.15, 0.2) is 0 Å². The minimum absolute atomic E-state index is 0.259. The van der Waals surface area contributed by atoms with E-state index in [4.69, 9.17) is 4.52 Å². The van der Waals surface area contributed by atoms with Gasteiger partial charge in [-0.1, -0.05) is 12.1 Å². The Hall–Kier alpha value is -1.20. The Morgan fingerprint density at radius 2 is 2.22 bits per heavy atom. The van der Waals surface area contributed by atoms with Gasteiger partial charge in [-0.2, -0.15) is 16.3 Å². The summed E-state index contributed by atoms with van der Waals surface area (Å²) in [6.45, 7) is 6.33. The average molecular weight is 265 g/mol. The van der Waals surface area contributed by atoms with E-state index in [1.807, 2.05) is 7.05 Å². The van der Waals surface area contributed by atoms with Crippen molar-refractivity contribution in [2.24, 2.45) is 0 Å². The number of hydrogen-bond acceptors (Lipinski definition) is 5. The van der Waals surface area contributed by atoms with Gasteiger partial charge >= 0.3 is 0 Å². The fourth-order valence-electron chi connectivity index (χ4n) is 2.03. The molecule has 18 heavy (non-hydrogen) atoms. The zero-order valence-corrected chi connectivity index (χ0v) is 12.0. The van der Waals surface area contributed by atoms with E-state index in [0.29, 0.717) is 11.9 Å². The first-order chi connectivity index (χ1) is 8.67. The second-order valence-electron chi connectivity index (χ2n) is 4.52. The zero-order valence-electron chi connectivity index (χ0n) is 11.2. The van der Waals surface area contributed by atoms with Crippen LogP contribution < -0.4 is 5.32 Å². The third-order valence-corrected chi connectivity index (χ3v) is 4.22. The molecule has 2 atom stereocenters. The topological polar surface area (TPSA) is 51.0 Å². The molecule has 0 fully saturated rings. The highest BCUT2D eigenvalue weighted by molar-refractivity contribution is 7.08. The minimum Gasteiger partial charge on any atom is -0.339 e. The maximum Gasteiger partial charge on any atom is 0.231 e. The largest absolute Gasteiger partial charge is 0.339 e. The van der Waals surface area contributed by atoms with Crippen molar-refractivity contribution in [1.82, 2.24) is 15.5 Å². The van der Waals surface area contributed by atoms with Gasteiger partial charge in [-0.15, -0.1) is 0 Å². The van der Waals surface area contributed by atoms with E-state index >= 15 is 0 Å². The molecule has 1 N–H and O–H groups in total. The van der Waals surface area contributed by atoms with Crippen LogP contribution in [-0.2, 0) is 0 Å². The Morgan fingerprint density at radius 3 is 2.78 bits per heavy atom. The van der Waals surface area contributed by atoms with E-state index in [9.17, 15) is 0 Å². The van der Waals surface area contributed by atoms with Crippen molar-refractivity contribution in [3.05, 3.63) is 22.2 Å². The minimum atomic E-state index is 0.259. The fraction of sp³-hybridized carbons (Fsp3) is 0.538. The summed E-state index contributed by atoms with van der Waals surface area (Å²) in [5.41, 5.74) is 2.27. The van der Waals surface area contributed by atoms with E-state index in [-0.39, 0.29) is 5.92 Å². The van der Waals surface area contributed by atoms with Crippen LogP contribution in [0.15, 0.2) is 15.3 Å². The molecule has 98 valence electrons. The van der Waals surface area contributed by atoms with Gasteiger partial charge in [-0.25, -0.2) is 0 Å². The van der Waals surface area contributed by atoms with Crippen LogP contribution in [0.25, 0.3) is 11.4 Å². The van der Waals surface area contributed by atoms with Crippen LogP contribution in [0.4, 0.5) is 0 Å². The summed E-state index contributed by atoms with van der Waals surface area (Å²) in [6.07, 6.45) is 0.978. The molecular weight excluding hydrogens is 246 g/mol. The molecule has 0 bridgehead atoms. The van der Waals surface area contributed by atoms with E-state index in [0.717, 1.165) is 17.9 Å². The highest BCUT2D eigenvalue weighted by atomic mass is 32.1. The van der Waals surface area contributed by atoms with Gasteiger partial charge < -0.3 is 9.84 Å². The lowest BCUT2D eigenvalue weighted by Gasteiger charge is -2.17. The van der Waals surface area contributed by atoms with Crippen molar-refractivity contribution in [3.8, 4) is 11.4 Å². The van der Waals surface area contributed by atoms with Crippen LogP contribution in [0.2, 0.25) is 0 Å². The lowest BCUT2D eigenvalue weighted by Crippen LogP contribution is -2.28. The lowest BCUT2D eigenvalue weighted by molar-refractivity contribution is 0.322. The molecular formula is C13H19N3OS. The maximum absolute atomic E-state index is 5.42. The molecule has 0 aliphatic heterocycles. The second-order valence-corrected chi connectivity index (χ2v) is 5.26. The standard InChI is InChI=1S/C13H19N3OS/c1-5-10(9(3)14-4)13-15-12(16-17-13)11-7-18-6-8(11)2/h6-7,9-10,14H,5H2,1-4H3. The summed E-state index contributed by atoms with van der Waals surface area (Å²) >= 11 is 1.66. The van der Waals surface area contributed by atoms with Crippen LogP contribution in [0.5, 0.6) is 0 Å². The summed E-state index contributed by atoms with van der Waals surface area (Å²) < 4.78 is 5.42. The second kappa shape index (κ2) is 5.63. The summed E-state index contributed by atoms with van der Waals surface area (Å²) in [6, 6.07) is 0.326. The predicted octanol–water partition coefficient (Wildman–Crippen LogP) is 3.21. The van der Waals surface area contributed by atoms with Crippen molar-refractivity contribution in [3.63, 3.8) is 0 Å². The maximum atomic E-state index is 5.42. The van der Waals surface area contributed by atoms with Crippen LogP contribution in [0.1, 0.15) is 37.6 Å². The molecule has 0 amide bonds. The van der Waals surface area contributed by atoms with Gasteiger partial charge in [-0.3, -0.25) is 0 Å². The number of thiophene rings is 1. The first-order valence-corrected chi connectivity index (χ1v) is 7.15. The predicted molar refractivity (Wildman–Crippen MR) is 73.9 cm³/mol. The number of aromatic nitrogens is 2. The smallest absolute Gasteiger partial charge is 0.231 e. The summed E-state index contributed by atoms with van der Waals surface area (Å²) in [4.78, 5) is 4.54. The number of nitrogens with one attached hydrogen (secondary N) is 1. The number of nitrogens with zero attached hydrogens (tertiary/aromatic N) is 2. The van der Waals surface area contributed by atoms with E-state index in [2.05, 4.69) is 47.0 Å². The molecule has 4 nitrogen and oxygen atoms in total. The van der Waals surface area contributed by atoms with E-state index in [1.165, 1.54) is 5.56 Å². The van der Waals surface area contributed by atoms with Crippen molar-refractivity contribution < 1.29 is 4.52 Å². The highest BCUT2D eigenvalue weighted by Crippen LogP contribution is 2.27. The molecule has 2 unspecified atom stereocenters. The Kier molecular flexibility index (Phi) is 4.14. The van der Waals surface area contributed by atoms with Gasteiger partial charge in [0, 0.05) is 17.0 Å². The summed E-state index contributed by atoms with van der Waals surface area (Å²) in [5.74, 6) is 1.68. The SMILES string of the molecule is CCC(c1nc(-c2cscc2C)no1)C(C)NC. The molecule has 0 aliphatic rings. The first kappa shape index (κ1) is 13.2. The molecule has 5 heteroatoms. The number of hydrogen-bond donors (Lipinski definition) is 1. The molecule has 0 saturated heterocycles. The number of rotatable bonds is 5. The van der Waals surface area contributed by atoms with Crippen LogP contribution in [0, 0.1) is 6.92 Å². The van der Waals surface area contributed by atoms with Crippen molar-refractivity contribution in [2.75, 3.05) is 7.05 Å². The monoisotopic (exact) mass is 265 g/mol.